The molecule has 0 aliphatic rings. The number of hydrogen-bond donors (Lipinski definition) is 2. The number of primary amides is 1. The van der Waals surface area contributed by atoms with Crippen LogP contribution in [0.25, 0.3) is 22.0 Å². The normalized spacial score (nSPS) is 10.9. The van der Waals surface area contributed by atoms with Crippen molar-refractivity contribution in [1.82, 2.24) is 9.97 Å². The van der Waals surface area contributed by atoms with Crippen LogP contribution in [0.5, 0.6) is 0 Å². The third-order valence-corrected chi connectivity index (χ3v) is 3.37. The molecule has 0 aliphatic heterocycles. The van der Waals surface area contributed by atoms with E-state index < -0.39 is 5.91 Å². The van der Waals surface area contributed by atoms with E-state index in [0.29, 0.717) is 27.7 Å². The molecule has 0 atom stereocenters. The summed E-state index contributed by atoms with van der Waals surface area (Å²) in [5, 5.41) is 0.658. The van der Waals surface area contributed by atoms with Crippen LogP contribution in [0.2, 0.25) is 0 Å². The van der Waals surface area contributed by atoms with Crippen LogP contribution >= 0.6 is 0 Å². The van der Waals surface area contributed by atoms with E-state index in [1.54, 1.807) is 31.5 Å². The van der Waals surface area contributed by atoms with Crippen molar-refractivity contribution in [2.75, 3.05) is 0 Å². The largest absolute Gasteiger partial charge is 0.364 e. The molecule has 0 fully saturated rings. The average Bonchev–Trinajstić information content (AvgIpc) is 2.77. The summed E-state index contributed by atoms with van der Waals surface area (Å²) in [6.45, 7) is 1.74. The minimum atomic E-state index is -0.556. The molecule has 0 radical (unpaired) electrons. The Balaban J connectivity index is 2.38. The maximum absolute atomic E-state index is 13.8. The van der Waals surface area contributed by atoms with Crippen molar-refractivity contribution < 1.29 is 9.18 Å². The number of fused-ring (bicyclic) bond motifs is 1. The number of aromatic amines is 1. The Bertz CT molecular complexity index is 809. The number of halogens is 1. The van der Waals surface area contributed by atoms with Gasteiger partial charge in [-0.15, -0.1) is 0 Å². The Kier molecular flexibility index (Phi) is 2.75. The first-order valence-electron chi connectivity index (χ1n) is 6.10. The molecule has 5 heteroatoms. The number of pyridine rings is 1. The lowest BCUT2D eigenvalue weighted by Gasteiger charge is -2.04. The zero-order valence-corrected chi connectivity index (χ0v) is 10.8. The molecule has 3 rings (SSSR count). The minimum absolute atomic E-state index is 0.306. The minimum Gasteiger partial charge on any atom is -0.364 e. The van der Waals surface area contributed by atoms with E-state index in [9.17, 15) is 9.18 Å². The lowest BCUT2D eigenvalue weighted by Crippen LogP contribution is -2.12. The quantitative estimate of drug-likeness (QED) is 0.750. The fourth-order valence-corrected chi connectivity index (χ4v) is 2.40. The lowest BCUT2D eigenvalue weighted by molar-refractivity contribution is 0.0996. The second-order valence-corrected chi connectivity index (χ2v) is 4.60. The molecule has 0 unspecified atom stereocenters. The molecule has 0 bridgehead atoms. The van der Waals surface area contributed by atoms with Crippen molar-refractivity contribution in [2.24, 2.45) is 5.73 Å². The molecule has 0 saturated heterocycles. The van der Waals surface area contributed by atoms with E-state index >= 15 is 0 Å². The molecule has 0 saturated carbocycles. The van der Waals surface area contributed by atoms with Crippen molar-refractivity contribution in [2.45, 2.75) is 6.92 Å². The molecular formula is C15H12FN3O. The number of aromatic nitrogens is 2. The second kappa shape index (κ2) is 4.45. The van der Waals surface area contributed by atoms with E-state index in [1.165, 1.54) is 12.1 Å². The first-order chi connectivity index (χ1) is 9.58. The third-order valence-electron chi connectivity index (χ3n) is 3.37. The molecule has 1 amide bonds. The molecule has 0 spiro atoms. The van der Waals surface area contributed by atoms with Crippen molar-refractivity contribution in [3.05, 3.63) is 53.7 Å². The number of nitrogens with one attached hydrogen (secondary N) is 1. The number of aryl methyl sites for hydroxylation is 1. The van der Waals surface area contributed by atoms with Gasteiger partial charge in [-0.2, -0.15) is 0 Å². The van der Waals surface area contributed by atoms with Gasteiger partial charge >= 0.3 is 0 Å². The first kappa shape index (κ1) is 12.3. The van der Waals surface area contributed by atoms with Gasteiger partial charge in [0.25, 0.3) is 5.91 Å². The Morgan fingerprint density at radius 3 is 2.65 bits per heavy atom. The van der Waals surface area contributed by atoms with Crippen LogP contribution in [0.1, 0.15) is 16.1 Å². The molecule has 20 heavy (non-hydrogen) atoms. The number of amides is 1. The number of rotatable bonds is 2. The van der Waals surface area contributed by atoms with Gasteiger partial charge in [-0.3, -0.25) is 9.78 Å². The van der Waals surface area contributed by atoms with E-state index in [2.05, 4.69) is 9.97 Å². The van der Waals surface area contributed by atoms with Gasteiger partial charge in [0.15, 0.2) is 0 Å². The Morgan fingerprint density at radius 2 is 2.00 bits per heavy atom. The van der Waals surface area contributed by atoms with Crippen LogP contribution in [0.4, 0.5) is 4.39 Å². The third kappa shape index (κ3) is 1.84. The smallest absolute Gasteiger partial charge is 0.265 e. The summed E-state index contributed by atoms with van der Waals surface area (Å²) >= 11 is 0. The number of carbonyl (C=O) groups excluding carboxylic acids is 1. The molecule has 2 aromatic heterocycles. The number of nitrogens with zero attached hydrogens (tertiary/aromatic N) is 1. The Morgan fingerprint density at radius 1 is 1.30 bits per heavy atom. The zero-order valence-electron chi connectivity index (χ0n) is 10.8. The first-order valence-corrected chi connectivity index (χ1v) is 6.10. The van der Waals surface area contributed by atoms with Crippen LogP contribution in [-0.2, 0) is 0 Å². The number of H-pyrrole nitrogens is 1. The van der Waals surface area contributed by atoms with Crippen LogP contribution in [-0.4, -0.2) is 15.9 Å². The average molecular weight is 269 g/mol. The summed E-state index contributed by atoms with van der Waals surface area (Å²) in [6.07, 6.45) is 3.27. The van der Waals surface area contributed by atoms with Crippen LogP contribution in [0.15, 0.2) is 36.7 Å². The highest BCUT2D eigenvalue weighted by Crippen LogP contribution is 2.32. The van der Waals surface area contributed by atoms with E-state index in [1.807, 2.05) is 0 Å². The highest BCUT2D eigenvalue weighted by Gasteiger charge is 2.16. The predicted molar refractivity (Wildman–Crippen MR) is 74.7 cm³/mol. The summed E-state index contributed by atoms with van der Waals surface area (Å²) in [6, 6.07) is 6.40. The Hall–Kier alpha value is -2.69. The van der Waals surface area contributed by atoms with E-state index in [0.717, 1.165) is 5.56 Å². The molecule has 1 aromatic carbocycles. The van der Waals surface area contributed by atoms with E-state index in [4.69, 9.17) is 5.73 Å². The molecular weight excluding hydrogens is 257 g/mol. The highest BCUT2D eigenvalue weighted by molar-refractivity contribution is 6.04. The molecule has 0 aliphatic carbocycles. The number of nitrogens with two attached hydrogens (primary N) is 1. The maximum atomic E-state index is 13.8. The zero-order chi connectivity index (χ0) is 14.3. The summed E-state index contributed by atoms with van der Waals surface area (Å²) in [5.74, 6) is -0.915. The van der Waals surface area contributed by atoms with Gasteiger partial charge in [0.05, 0.1) is 5.52 Å². The fourth-order valence-electron chi connectivity index (χ4n) is 2.40. The van der Waals surface area contributed by atoms with Gasteiger partial charge in [0, 0.05) is 23.3 Å². The van der Waals surface area contributed by atoms with Gasteiger partial charge in [-0.05, 0) is 42.3 Å². The molecule has 100 valence electrons. The number of benzene rings is 1. The Labute approximate surface area is 114 Å². The molecule has 3 N–H and O–H groups in total. The standard InChI is InChI=1S/C15H12FN3O/c1-8-11-6-10(16)7-12(9-2-4-18-5-3-9)14(11)19-13(8)15(17)20/h2-7,19H,1H3,(H2,17,20). The van der Waals surface area contributed by atoms with Crippen molar-refractivity contribution in [3.8, 4) is 11.1 Å². The van der Waals surface area contributed by atoms with Gasteiger partial charge in [-0.1, -0.05) is 0 Å². The van der Waals surface area contributed by atoms with Crippen LogP contribution in [0.3, 0.4) is 0 Å². The molecule has 4 nitrogen and oxygen atoms in total. The van der Waals surface area contributed by atoms with Gasteiger partial charge in [-0.25, -0.2) is 4.39 Å². The summed E-state index contributed by atoms with van der Waals surface area (Å²) in [4.78, 5) is 18.4. The van der Waals surface area contributed by atoms with Gasteiger partial charge in [0.2, 0.25) is 0 Å². The topological polar surface area (TPSA) is 71.8 Å². The SMILES string of the molecule is Cc1c(C(N)=O)[nH]c2c(-c3ccncc3)cc(F)cc12. The molecule has 3 aromatic rings. The summed E-state index contributed by atoms with van der Waals surface area (Å²) in [7, 11) is 0. The maximum Gasteiger partial charge on any atom is 0.265 e. The van der Waals surface area contributed by atoms with Crippen LogP contribution in [0, 0.1) is 12.7 Å². The summed E-state index contributed by atoms with van der Waals surface area (Å²) < 4.78 is 13.8. The number of carbonyl (C=O) groups is 1. The monoisotopic (exact) mass is 269 g/mol. The van der Waals surface area contributed by atoms with Crippen molar-refractivity contribution in [3.63, 3.8) is 0 Å². The van der Waals surface area contributed by atoms with Gasteiger partial charge in [0.1, 0.15) is 11.5 Å². The van der Waals surface area contributed by atoms with Crippen molar-refractivity contribution in [1.29, 1.82) is 0 Å². The number of hydrogen-bond acceptors (Lipinski definition) is 2. The fraction of sp³-hybridized carbons (Fsp3) is 0.0667. The molecule has 2 heterocycles. The predicted octanol–water partition coefficient (Wildman–Crippen LogP) is 2.78. The van der Waals surface area contributed by atoms with Crippen molar-refractivity contribution >= 4 is 16.8 Å². The van der Waals surface area contributed by atoms with Crippen LogP contribution < -0.4 is 5.73 Å². The highest BCUT2D eigenvalue weighted by atomic mass is 19.1. The van der Waals surface area contributed by atoms with Gasteiger partial charge < -0.3 is 10.7 Å². The second-order valence-electron chi connectivity index (χ2n) is 4.60. The lowest BCUT2D eigenvalue weighted by atomic mass is 10.0. The summed E-state index contributed by atoms with van der Waals surface area (Å²) in [5.41, 5.74) is 8.49. The van der Waals surface area contributed by atoms with E-state index in [-0.39, 0.29) is 5.82 Å².